The van der Waals surface area contributed by atoms with Crippen molar-refractivity contribution >= 4 is 0 Å². The van der Waals surface area contributed by atoms with Crippen LogP contribution in [0, 0.1) is 0 Å². The number of alkyl halides is 2. The fraction of sp³-hybridized carbons (Fsp3) is 0.778. The summed E-state index contributed by atoms with van der Waals surface area (Å²) in [7, 11) is 0. The average molecular weight is 203 g/mol. The first kappa shape index (κ1) is 11.1. The molecule has 0 unspecified atom stereocenters. The average Bonchev–Trinajstić information content (AvgIpc) is 2.63. The molecule has 80 valence electrons. The summed E-state index contributed by atoms with van der Waals surface area (Å²) < 4.78 is 26.2. The van der Waals surface area contributed by atoms with Crippen LogP contribution in [0.25, 0.3) is 0 Å². The van der Waals surface area contributed by atoms with Gasteiger partial charge in [-0.25, -0.2) is 4.98 Å². The molecule has 14 heavy (non-hydrogen) atoms. The van der Waals surface area contributed by atoms with Crippen molar-refractivity contribution in [1.82, 2.24) is 15.2 Å². The standard InChI is InChI=1S/C9H15F2N3/c1-3-5-6-7-12-8(14-13-7)9(10,11)4-2/h3-6H2,1-2H3,(H,12,13,14). The van der Waals surface area contributed by atoms with Gasteiger partial charge in [0.2, 0.25) is 5.82 Å². The number of halogens is 2. The predicted molar refractivity (Wildman–Crippen MR) is 49.2 cm³/mol. The minimum atomic E-state index is -2.90. The molecule has 1 aromatic rings. The fourth-order valence-electron chi connectivity index (χ4n) is 1.07. The van der Waals surface area contributed by atoms with Crippen LogP contribution in [0.3, 0.4) is 0 Å². The molecule has 1 rings (SSSR count). The smallest absolute Gasteiger partial charge is 0.263 e. The lowest BCUT2D eigenvalue weighted by atomic mass is 10.2. The third-order valence-corrected chi connectivity index (χ3v) is 2.07. The zero-order chi connectivity index (χ0) is 10.6. The van der Waals surface area contributed by atoms with Crippen LogP contribution in [-0.2, 0) is 12.3 Å². The summed E-state index contributed by atoms with van der Waals surface area (Å²) in [6.45, 7) is 3.46. The Hall–Kier alpha value is -1.00. The number of aromatic amines is 1. The number of H-pyrrole nitrogens is 1. The van der Waals surface area contributed by atoms with E-state index in [1.54, 1.807) is 0 Å². The quantitative estimate of drug-likeness (QED) is 0.799. The summed E-state index contributed by atoms with van der Waals surface area (Å²) in [6, 6.07) is 0. The van der Waals surface area contributed by atoms with Gasteiger partial charge in [-0.05, 0) is 6.42 Å². The molecule has 0 radical (unpaired) electrons. The van der Waals surface area contributed by atoms with Crippen LogP contribution in [0.4, 0.5) is 8.78 Å². The maximum atomic E-state index is 13.1. The Morgan fingerprint density at radius 3 is 2.64 bits per heavy atom. The molecular formula is C9H15F2N3. The number of rotatable bonds is 5. The van der Waals surface area contributed by atoms with Crippen molar-refractivity contribution in [3.05, 3.63) is 11.6 Å². The number of aryl methyl sites for hydroxylation is 1. The zero-order valence-corrected chi connectivity index (χ0v) is 8.48. The van der Waals surface area contributed by atoms with Crippen molar-refractivity contribution in [2.75, 3.05) is 0 Å². The van der Waals surface area contributed by atoms with Gasteiger partial charge in [0.1, 0.15) is 5.82 Å². The van der Waals surface area contributed by atoms with Crippen molar-refractivity contribution in [2.24, 2.45) is 0 Å². The number of hydrogen-bond donors (Lipinski definition) is 1. The van der Waals surface area contributed by atoms with E-state index in [9.17, 15) is 8.78 Å². The minimum Gasteiger partial charge on any atom is -0.263 e. The Balaban J connectivity index is 2.67. The molecule has 0 aromatic carbocycles. The molecule has 0 spiro atoms. The minimum absolute atomic E-state index is 0.266. The molecule has 1 aromatic heterocycles. The van der Waals surface area contributed by atoms with E-state index in [-0.39, 0.29) is 12.2 Å². The topological polar surface area (TPSA) is 41.6 Å². The van der Waals surface area contributed by atoms with Crippen LogP contribution >= 0.6 is 0 Å². The van der Waals surface area contributed by atoms with Crippen LogP contribution in [0.1, 0.15) is 44.8 Å². The van der Waals surface area contributed by atoms with Crippen LogP contribution in [0.15, 0.2) is 0 Å². The van der Waals surface area contributed by atoms with Crippen LogP contribution < -0.4 is 0 Å². The highest BCUT2D eigenvalue weighted by Crippen LogP contribution is 2.28. The molecule has 0 bridgehead atoms. The van der Waals surface area contributed by atoms with E-state index in [4.69, 9.17) is 0 Å². The van der Waals surface area contributed by atoms with Crippen molar-refractivity contribution in [2.45, 2.75) is 45.5 Å². The highest BCUT2D eigenvalue weighted by Gasteiger charge is 2.33. The zero-order valence-electron chi connectivity index (χ0n) is 8.48. The number of nitrogens with zero attached hydrogens (tertiary/aromatic N) is 2. The molecule has 0 aliphatic carbocycles. The molecule has 0 aliphatic rings. The monoisotopic (exact) mass is 203 g/mol. The Morgan fingerprint density at radius 1 is 1.36 bits per heavy atom. The highest BCUT2D eigenvalue weighted by molar-refractivity contribution is 4.97. The van der Waals surface area contributed by atoms with E-state index in [0.29, 0.717) is 12.2 Å². The van der Waals surface area contributed by atoms with Gasteiger partial charge in [0, 0.05) is 12.8 Å². The molecule has 0 aliphatic heterocycles. The first-order valence-electron chi connectivity index (χ1n) is 4.89. The van der Waals surface area contributed by atoms with E-state index < -0.39 is 5.92 Å². The van der Waals surface area contributed by atoms with Gasteiger partial charge in [-0.15, -0.1) is 0 Å². The van der Waals surface area contributed by atoms with Crippen molar-refractivity contribution in [1.29, 1.82) is 0 Å². The molecule has 0 fully saturated rings. The predicted octanol–water partition coefficient (Wildman–Crippen LogP) is 2.65. The summed E-state index contributed by atoms with van der Waals surface area (Å²) in [6.07, 6.45) is 2.37. The molecular weight excluding hydrogens is 188 g/mol. The lowest BCUT2D eigenvalue weighted by molar-refractivity contribution is -0.0172. The molecule has 1 N–H and O–H groups in total. The first-order valence-corrected chi connectivity index (χ1v) is 4.89. The molecule has 0 atom stereocenters. The second-order valence-electron chi connectivity index (χ2n) is 3.27. The SMILES string of the molecule is CCCCc1nc(C(F)(F)CC)n[nH]1. The van der Waals surface area contributed by atoms with Crippen molar-refractivity contribution < 1.29 is 8.78 Å². The molecule has 0 saturated carbocycles. The van der Waals surface area contributed by atoms with Gasteiger partial charge >= 0.3 is 5.92 Å². The lowest BCUT2D eigenvalue weighted by Gasteiger charge is -2.07. The van der Waals surface area contributed by atoms with Crippen LogP contribution in [0.5, 0.6) is 0 Å². The van der Waals surface area contributed by atoms with E-state index in [0.717, 1.165) is 12.8 Å². The molecule has 0 saturated heterocycles. The largest absolute Gasteiger partial charge is 0.308 e. The van der Waals surface area contributed by atoms with Gasteiger partial charge in [0.05, 0.1) is 0 Å². The fourth-order valence-corrected chi connectivity index (χ4v) is 1.07. The van der Waals surface area contributed by atoms with Gasteiger partial charge in [0.25, 0.3) is 0 Å². The number of unbranched alkanes of at least 4 members (excludes halogenated alkanes) is 1. The van der Waals surface area contributed by atoms with Gasteiger partial charge in [-0.3, -0.25) is 5.10 Å². The second kappa shape index (κ2) is 4.48. The van der Waals surface area contributed by atoms with Crippen molar-refractivity contribution in [3.8, 4) is 0 Å². The Morgan fingerprint density at radius 2 is 2.07 bits per heavy atom. The van der Waals surface area contributed by atoms with Gasteiger partial charge in [-0.2, -0.15) is 13.9 Å². The van der Waals surface area contributed by atoms with E-state index >= 15 is 0 Å². The number of aromatic nitrogens is 3. The Bertz CT molecular complexity index is 283. The molecule has 1 heterocycles. The Labute approximate surface area is 81.9 Å². The maximum Gasteiger partial charge on any atom is 0.308 e. The van der Waals surface area contributed by atoms with E-state index in [2.05, 4.69) is 15.2 Å². The van der Waals surface area contributed by atoms with Crippen LogP contribution in [-0.4, -0.2) is 15.2 Å². The first-order chi connectivity index (χ1) is 6.60. The molecule has 3 nitrogen and oxygen atoms in total. The second-order valence-corrected chi connectivity index (χ2v) is 3.27. The Kier molecular flexibility index (Phi) is 3.55. The third-order valence-electron chi connectivity index (χ3n) is 2.07. The van der Waals surface area contributed by atoms with Crippen LogP contribution in [0.2, 0.25) is 0 Å². The molecule has 0 amide bonds. The van der Waals surface area contributed by atoms with Gasteiger partial charge in [0.15, 0.2) is 0 Å². The van der Waals surface area contributed by atoms with E-state index in [1.165, 1.54) is 6.92 Å². The summed E-state index contributed by atoms with van der Waals surface area (Å²) in [5.41, 5.74) is 0. The normalized spacial score (nSPS) is 12.0. The van der Waals surface area contributed by atoms with Gasteiger partial charge < -0.3 is 0 Å². The summed E-state index contributed by atoms with van der Waals surface area (Å²) in [5.74, 6) is -2.73. The molecule has 5 heteroatoms. The number of nitrogens with one attached hydrogen (secondary N) is 1. The summed E-state index contributed by atoms with van der Waals surface area (Å²) in [4.78, 5) is 3.77. The number of hydrogen-bond acceptors (Lipinski definition) is 2. The highest BCUT2D eigenvalue weighted by atomic mass is 19.3. The summed E-state index contributed by atoms with van der Waals surface area (Å²) in [5, 5.41) is 6.07. The van der Waals surface area contributed by atoms with E-state index in [1.807, 2.05) is 6.92 Å². The lowest BCUT2D eigenvalue weighted by Crippen LogP contribution is -2.13. The third kappa shape index (κ3) is 2.49. The summed E-state index contributed by atoms with van der Waals surface area (Å²) >= 11 is 0. The van der Waals surface area contributed by atoms with Gasteiger partial charge in [-0.1, -0.05) is 20.3 Å². The van der Waals surface area contributed by atoms with Crippen molar-refractivity contribution in [3.63, 3.8) is 0 Å². The maximum absolute atomic E-state index is 13.1.